The van der Waals surface area contributed by atoms with Gasteiger partial charge in [0.15, 0.2) is 0 Å². The summed E-state index contributed by atoms with van der Waals surface area (Å²) in [6, 6.07) is 8.46. The SMILES string of the molecule is Nc1ccc(C(=O)Nc2ccc(F)c(Cl)c2)c(Cl)c1. The maximum atomic E-state index is 13.0. The number of amides is 1. The largest absolute Gasteiger partial charge is 0.399 e. The number of hydrogen-bond donors (Lipinski definition) is 2. The van der Waals surface area contributed by atoms with Crippen LogP contribution in [0.2, 0.25) is 10.0 Å². The summed E-state index contributed by atoms with van der Waals surface area (Å²) in [6.45, 7) is 0. The van der Waals surface area contributed by atoms with Crippen molar-refractivity contribution in [2.45, 2.75) is 0 Å². The van der Waals surface area contributed by atoms with Gasteiger partial charge < -0.3 is 11.1 Å². The van der Waals surface area contributed by atoms with E-state index in [0.717, 1.165) is 0 Å². The smallest absolute Gasteiger partial charge is 0.257 e. The minimum absolute atomic E-state index is 0.0683. The number of carbonyl (C=O) groups is 1. The van der Waals surface area contributed by atoms with E-state index in [4.69, 9.17) is 28.9 Å². The number of nitrogens with one attached hydrogen (secondary N) is 1. The molecule has 6 heteroatoms. The van der Waals surface area contributed by atoms with Crippen molar-refractivity contribution in [3.8, 4) is 0 Å². The molecule has 98 valence electrons. The van der Waals surface area contributed by atoms with Crippen molar-refractivity contribution in [3.63, 3.8) is 0 Å². The lowest BCUT2D eigenvalue weighted by atomic mass is 10.2. The summed E-state index contributed by atoms with van der Waals surface area (Å²) >= 11 is 11.5. The summed E-state index contributed by atoms with van der Waals surface area (Å²) < 4.78 is 13.0. The van der Waals surface area contributed by atoms with E-state index < -0.39 is 11.7 Å². The van der Waals surface area contributed by atoms with E-state index in [1.54, 1.807) is 6.07 Å². The van der Waals surface area contributed by atoms with Crippen LogP contribution < -0.4 is 11.1 Å². The van der Waals surface area contributed by atoms with Gasteiger partial charge in [0.2, 0.25) is 0 Å². The van der Waals surface area contributed by atoms with Gasteiger partial charge in [-0.3, -0.25) is 4.79 Å². The Morgan fingerprint density at radius 3 is 2.47 bits per heavy atom. The summed E-state index contributed by atoms with van der Waals surface area (Å²) in [6.07, 6.45) is 0. The molecule has 2 rings (SSSR count). The maximum Gasteiger partial charge on any atom is 0.257 e. The van der Waals surface area contributed by atoms with Gasteiger partial charge in [-0.25, -0.2) is 4.39 Å². The average Bonchev–Trinajstić information content (AvgIpc) is 2.33. The molecule has 0 atom stereocenters. The summed E-state index contributed by atoms with van der Waals surface area (Å²) in [5, 5.41) is 2.74. The van der Waals surface area contributed by atoms with Gasteiger partial charge in [-0.05, 0) is 36.4 Å². The van der Waals surface area contributed by atoms with Crippen LogP contribution >= 0.6 is 23.2 Å². The molecule has 0 saturated heterocycles. The highest BCUT2D eigenvalue weighted by Gasteiger charge is 2.11. The van der Waals surface area contributed by atoms with E-state index in [-0.39, 0.29) is 15.6 Å². The average molecular weight is 299 g/mol. The fraction of sp³-hybridized carbons (Fsp3) is 0. The maximum absolute atomic E-state index is 13.0. The number of hydrogen-bond acceptors (Lipinski definition) is 2. The molecule has 0 saturated carbocycles. The molecule has 0 bridgehead atoms. The molecule has 0 radical (unpaired) electrons. The van der Waals surface area contributed by atoms with Crippen LogP contribution in [-0.2, 0) is 0 Å². The lowest BCUT2D eigenvalue weighted by Crippen LogP contribution is -2.12. The molecule has 3 nitrogen and oxygen atoms in total. The predicted octanol–water partition coefficient (Wildman–Crippen LogP) is 3.97. The molecule has 0 aliphatic heterocycles. The first-order chi connectivity index (χ1) is 8.97. The Labute approximate surface area is 119 Å². The highest BCUT2D eigenvalue weighted by Crippen LogP contribution is 2.23. The molecule has 0 spiro atoms. The molecule has 1 amide bonds. The molecule has 0 fully saturated rings. The van der Waals surface area contributed by atoms with Crippen LogP contribution in [0, 0.1) is 5.82 Å². The topological polar surface area (TPSA) is 55.1 Å². The van der Waals surface area contributed by atoms with Crippen molar-refractivity contribution < 1.29 is 9.18 Å². The third-order valence-electron chi connectivity index (χ3n) is 2.42. The summed E-state index contributed by atoms with van der Waals surface area (Å²) in [7, 11) is 0. The van der Waals surface area contributed by atoms with Gasteiger partial charge in [-0.1, -0.05) is 23.2 Å². The van der Waals surface area contributed by atoms with Crippen molar-refractivity contribution in [2.75, 3.05) is 11.1 Å². The summed E-state index contributed by atoms with van der Waals surface area (Å²) in [4.78, 5) is 12.0. The second-order valence-electron chi connectivity index (χ2n) is 3.82. The van der Waals surface area contributed by atoms with Crippen molar-refractivity contribution in [3.05, 3.63) is 57.8 Å². The van der Waals surface area contributed by atoms with Crippen molar-refractivity contribution >= 4 is 40.5 Å². The number of benzene rings is 2. The van der Waals surface area contributed by atoms with Crippen LogP contribution in [0.25, 0.3) is 0 Å². The fourth-order valence-electron chi connectivity index (χ4n) is 1.49. The lowest BCUT2D eigenvalue weighted by molar-refractivity contribution is 0.102. The van der Waals surface area contributed by atoms with Gasteiger partial charge in [0, 0.05) is 11.4 Å². The number of carbonyl (C=O) groups excluding carboxylic acids is 1. The van der Waals surface area contributed by atoms with Gasteiger partial charge in [-0.2, -0.15) is 0 Å². The Kier molecular flexibility index (Phi) is 3.93. The van der Waals surface area contributed by atoms with E-state index >= 15 is 0 Å². The van der Waals surface area contributed by atoms with Crippen molar-refractivity contribution in [1.29, 1.82) is 0 Å². The Balaban J connectivity index is 2.23. The normalized spacial score (nSPS) is 10.3. The highest BCUT2D eigenvalue weighted by atomic mass is 35.5. The zero-order valence-corrected chi connectivity index (χ0v) is 11.1. The first kappa shape index (κ1) is 13.6. The molecule has 19 heavy (non-hydrogen) atoms. The van der Waals surface area contributed by atoms with Crippen molar-refractivity contribution in [2.24, 2.45) is 0 Å². The molecule has 0 aromatic heterocycles. The van der Waals surface area contributed by atoms with E-state index in [9.17, 15) is 9.18 Å². The highest BCUT2D eigenvalue weighted by molar-refractivity contribution is 6.34. The van der Waals surface area contributed by atoms with Crippen LogP contribution in [0.15, 0.2) is 36.4 Å². The molecule has 0 aliphatic carbocycles. The standard InChI is InChI=1S/C13H9Cl2FN2O/c14-10-5-7(17)1-3-9(10)13(19)18-8-2-4-12(16)11(15)6-8/h1-6H,17H2,(H,18,19). The molecule has 0 aliphatic rings. The van der Waals surface area contributed by atoms with Crippen molar-refractivity contribution in [1.82, 2.24) is 0 Å². The van der Waals surface area contributed by atoms with E-state index in [1.165, 1.54) is 30.3 Å². The number of rotatable bonds is 2. The zero-order chi connectivity index (χ0) is 14.0. The molecule has 3 N–H and O–H groups in total. The first-order valence-electron chi connectivity index (χ1n) is 5.29. The van der Waals surface area contributed by atoms with Gasteiger partial charge in [0.25, 0.3) is 5.91 Å². The van der Waals surface area contributed by atoms with Crippen LogP contribution in [0.1, 0.15) is 10.4 Å². The van der Waals surface area contributed by atoms with Crippen LogP contribution in [-0.4, -0.2) is 5.91 Å². The first-order valence-corrected chi connectivity index (χ1v) is 6.04. The van der Waals surface area contributed by atoms with Gasteiger partial charge >= 0.3 is 0 Å². The minimum atomic E-state index is -0.551. The monoisotopic (exact) mass is 298 g/mol. The predicted molar refractivity (Wildman–Crippen MR) is 75.2 cm³/mol. The minimum Gasteiger partial charge on any atom is -0.399 e. The molecule has 2 aromatic carbocycles. The molecule has 0 heterocycles. The number of nitrogens with two attached hydrogens (primary N) is 1. The van der Waals surface area contributed by atoms with Gasteiger partial charge in [0.05, 0.1) is 15.6 Å². The number of nitrogen functional groups attached to an aromatic ring is 1. The molecular formula is C13H9Cl2FN2O. The van der Waals surface area contributed by atoms with Crippen LogP contribution in [0.3, 0.4) is 0 Å². The van der Waals surface area contributed by atoms with Gasteiger partial charge in [0.1, 0.15) is 5.82 Å². The summed E-state index contributed by atoms with van der Waals surface area (Å²) in [5.41, 5.74) is 6.66. The quantitative estimate of drug-likeness (QED) is 0.824. The molecular weight excluding hydrogens is 290 g/mol. The second kappa shape index (κ2) is 5.47. The van der Waals surface area contributed by atoms with E-state index in [2.05, 4.69) is 5.32 Å². The second-order valence-corrected chi connectivity index (χ2v) is 4.64. The Morgan fingerprint density at radius 2 is 1.84 bits per heavy atom. The Hall–Kier alpha value is -1.78. The molecule has 2 aromatic rings. The Bertz CT molecular complexity index is 647. The van der Waals surface area contributed by atoms with Gasteiger partial charge in [-0.15, -0.1) is 0 Å². The number of anilines is 2. The van der Waals surface area contributed by atoms with E-state index in [1.807, 2.05) is 0 Å². The van der Waals surface area contributed by atoms with Crippen LogP contribution in [0.5, 0.6) is 0 Å². The summed E-state index contributed by atoms with van der Waals surface area (Å²) in [5.74, 6) is -0.974. The lowest BCUT2D eigenvalue weighted by Gasteiger charge is -2.08. The van der Waals surface area contributed by atoms with Crippen LogP contribution in [0.4, 0.5) is 15.8 Å². The number of halogens is 3. The third kappa shape index (κ3) is 3.16. The Morgan fingerprint density at radius 1 is 1.11 bits per heavy atom. The zero-order valence-electron chi connectivity index (χ0n) is 9.58. The fourth-order valence-corrected chi connectivity index (χ4v) is 1.94. The third-order valence-corrected chi connectivity index (χ3v) is 3.02. The van der Waals surface area contributed by atoms with E-state index in [0.29, 0.717) is 11.4 Å². The molecule has 0 unspecified atom stereocenters.